The minimum Gasteiger partial charge on any atom is -0.414 e. The maximum Gasteiger partial charge on any atom is 0.192 e. The average molecular weight is 240 g/mol. The maximum absolute atomic E-state index is 10.6. The van der Waals surface area contributed by atoms with E-state index in [1.54, 1.807) is 0 Å². The average Bonchev–Trinajstić information content (AvgIpc) is 2.16. The molecule has 0 saturated heterocycles. The van der Waals surface area contributed by atoms with Crippen molar-refractivity contribution in [2.75, 3.05) is 0 Å². The molecule has 0 aliphatic heterocycles. The molecule has 0 fully saturated rings. The molecular weight excluding hydrogens is 216 g/mol. The fourth-order valence-corrected chi connectivity index (χ4v) is 3.04. The number of carbonyl (C=O) groups excluding carboxylic acids is 1. The summed E-state index contributed by atoms with van der Waals surface area (Å²) in [5, 5.41) is 0.266. The number of hydrogen-bond acceptors (Lipinski definition) is 2. The van der Waals surface area contributed by atoms with Gasteiger partial charge in [-0.3, -0.25) is 4.79 Å². The molecule has 1 aliphatic rings. The van der Waals surface area contributed by atoms with Crippen LogP contribution in [-0.4, -0.2) is 20.7 Å². The van der Waals surface area contributed by atoms with Crippen molar-refractivity contribution < 1.29 is 9.22 Å². The highest BCUT2D eigenvalue weighted by molar-refractivity contribution is 6.74. The molecule has 1 aliphatic carbocycles. The van der Waals surface area contributed by atoms with Crippen molar-refractivity contribution >= 4 is 14.6 Å². The molecule has 0 saturated carbocycles. The molecule has 1 rings (SSSR count). The van der Waals surface area contributed by atoms with Crippen LogP contribution in [0.5, 0.6) is 0 Å². The van der Waals surface area contributed by atoms with Gasteiger partial charge in [0.25, 0.3) is 0 Å². The van der Waals surface area contributed by atoms with Crippen molar-refractivity contribution in [2.45, 2.75) is 64.3 Å². The number of hydrogen-bond donors (Lipinski definition) is 0. The fraction of sp³-hybridized carbons (Fsp3) is 0.769. The van der Waals surface area contributed by atoms with Gasteiger partial charge in [-0.1, -0.05) is 26.8 Å². The van der Waals surface area contributed by atoms with E-state index in [9.17, 15) is 4.79 Å². The normalized spacial score (nSPS) is 22.8. The molecule has 92 valence electrons. The summed E-state index contributed by atoms with van der Waals surface area (Å²) in [4.78, 5) is 10.6. The Morgan fingerprint density at radius 3 is 2.44 bits per heavy atom. The topological polar surface area (TPSA) is 26.3 Å². The van der Waals surface area contributed by atoms with Crippen molar-refractivity contribution in [3.05, 3.63) is 11.6 Å². The van der Waals surface area contributed by atoms with E-state index in [1.807, 2.05) is 6.08 Å². The first-order valence-corrected chi connectivity index (χ1v) is 8.99. The summed E-state index contributed by atoms with van der Waals surface area (Å²) in [6, 6.07) is 0. The molecule has 1 unspecified atom stereocenters. The van der Waals surface area contributed by atoms with Gasteiger partial charge in [0.15, 0.2) is 8.32 Å². The van der Waals surface area contributed by atoms with Crippen LogP contribution in [0.3, 0.4) is 0 Å². The van der Waals surface area contributed by atoms with E-state index in [0.717, 1.165) is 31.1 Å². The van der Waals surface area contributed by atoms with Crippen LogP contribution in [0, 0.1) is 0 Å². The van der Waals surface area contributed by atoms with Crippen molar-refractivity contribution in [2.24, 2.45) is 0 Å². The summed E-state index contributed by atoms with van der Waals surface area (Å²) in [6.07, 6.45) is 6.11. The first-order valence-electron chi connectivity index (χ1n) is 6.08. The highest BCUT2D eigenvalue weighted by atomic mass is 28.4. The number of carbonyl (C=O) groups is 1. The quantitative estimate of drug-likeness (QED) is 0.555. The molecule has 0 aromatic rings. The molecule has 3 heteroatoms. The van der Waals surface area contributed by atoms with E-state index >= 15 is 0 Å². The Balaban J connectivity index is 2.58. The van der Waals surface area contributed by atoms with Crippen molar-refractivity contribution in [3.63, 3.8) is 0 Å². The minimum absolute atomic E-state index is 0.266. The third-order valence-corrected chi connectivity index (χ3v) is 8.35. The molecular formula is C13H24O2Si. The Hall–Kier alpha value is -0.413. The first-order chi connectivity index (χ1) is 7.26. The standard InChI is InChI=1S/C13H24O2Si/c1-13(2,3)16(4,5)15-12-8-6-11(10-14)7-9-12/h6,10,12H,7-9H2,1-5H3. The molecule has 1 atom stereocenters. The monoisotopic (exact) mass is 240 g/mol. The molecule has 0 aromatic carbocycles. The van der Waals surface area contributed by atoms with E-state index in [-0.39, 0.29) is 5.04 Å². The second-order valence-electron chi connectivity index (χ2n) is 6.17. The predicted octanol–water partition coefficient (Wildman–Crippen LogP) is 3.69. The van der Waals surface area contributed by atoms with E-state index in [4.69, 9.17) is 4.43 Å². The Labute approximate surface area is 100 Å². The van der Waals surface area contributed by atoms with Gasteiger partial charge in [-0.2, -0.15) is 0 Å². The second-order valence-corrected chi connectivity index (χ2v) is 10.9. The summed E-state index contributed by atoms with van der Waals surface area (Å²) in [5.74, 6) is 0. The molecule has 0 bridgehead atoms. The second kappa shape index (κ2) is 4.84. The number of aldehydes is 1. The van der Waals surface area contributed by atoms with E-state index in [2.05, 4.69) is 33.9 Å². The van der Waals surface area contributed by atoms with Crippen LogP contribution in [0.4, 0.5) is 0 Å². The third kappa shape index (κ3) is 3.29. The summed E-state index contributed by atoms with van der Waals surface area (Å²) in [5.41, 5.74) is 0.940. The zero-order valence-corrected chi connectivity index (χ0v) is 12.2. The van der Waals surface area contributed by atoms with E-state index < -0.39 is 8.32 Å². The lowest BCUT2D eigenvalue weighted by Crippen LogP contribution is -2.44. The van der Waals surface area contributed by atoms with Gasteiger partial charge in [-0.05, 0) is 43.0 Å². The molecule has 0 spiro atoms. The summed E-state index contributed by atoms with van der Waals surface area (Å²) >= 11 is 0. The van der Waals surface area contributed by atoms with Gasteiger partial charge in [0, 0.05) is 6.10 Å². The summed E-state index contributed by atoms with van der Waals surface area (Å²) in [6.45, 7) is 11.3. The zero-order chi connectivity index (χ0) is 12.4. The van der Waals surface area contributed by atoms with Gasteiger partial charge in [0.2, 0.25) is 0 Å². The predicted molar refractivity (Wildman–Crippen MR) is 70.1 cm³/mol. The van der Waals surface area contributed by atoms with Crippen LogP contribution in [0.1, 0.15) is 40.0 Å². The largest absolute Gasteiger partial charge is 0.414 e. The molecule has 16 heavy (non-hydrogen) atoms. The Morgan fingerprint density at radius 1 is 1.44 bits per heavy atom. The highest BCUT2D eigenvalue weighted by Crippen LogP contribution is 2.38. The van der Waals surface area contributed by atoms with Crippen molar-refractivity contribution in [1.29, 1.82) is 0 Å². The van der Waals surface area contributed by atoms with Crippen LogP contribution < -0.4 is 0 Å². The van der Waals surface area contributed by atoms with E-state index in [0.29, 0.717) is 6.10 Å². The molecule has 0 N–H and O–H groups in total. The van der Waals surface area contributed by atoms with Gasteiger partial charge < -0.3 is 4.43 Å². The minimum atomic E-state index is -1.64. The molecule has 0 aromatic heterocycles. The molecule has 0 radical (unpaired) electrons. The zero-order valence-electron chi connectivity index (χ0n) is 11.2. The highest BCUT2D eigenvalue weighted by Gasteiger charge is 2.39. The molecule has 0 heterocycles. The SMILES string of the molecule is CC(C)(C)[Si](C)(C)OC1CC=C(C=O)CC1. The van der Waals surface area contributed by atoms with Crippen molar-refractivity contribution in [1.82, 2.24) is 0 Å². The molecule has 0 amide bonds. The Bertz CT molecular complexity index is 287. The Morgan fingerprint density at radius 2 is 2.06 bits per heavy atom. The van der Waals surface area contributed by atoms with Crippen LogP contribution >= 0.6 is 0 Å². The van der Waals surface area contributed by atoms with Crippen LogP contribution in [0.25, 0.3) is 0 Å². The van der Waals surface area contributed by atoms with Gasteiger partial charge in [-0.25, -0.2) is 0 Å². The smallest absolute Gasteiger partial charge is 0.192 e. The fourth-order valence-electron chi connectivity index (χ4n) is 1.64. The lowest BCUT2D eigenvalue weighted by atomic mass is 9.98. The summed E-state index contributed by atoms with van der Waals surface area (Å²) < 4.78 is 6.31. The molecule has 2 nitrogen and oxygen atoms in total. The van der Waals surface area contributed by atoms with Gasteiger partial charge in [0.1, 0.15) is 6.29 Å². The number of allylic oxidation sites excluding steroid dienone is 1. The Kier molecular flexibility index (Phi) is 4.13. The lowest BCUT2D eigenvalue weighted by molar-refractivity contribution is -0.105. The van der Waals surface area contributed by atoms with Crippen LogP contribution in [-0.2, 0) is 9.22 Å². The maximum atomic E-state index is 10.6. The van der Waals surface area contributed by atoms with Crippen LogP contribution in [0.15, 0.2) is 11.6 Å². The van der Waals surface area contributed by atoms with Crippen molar-refractivity contribution in [3.8, 4) is 0 Å². The van der Waals surface area contributed by atoms with Gasteiger partial charge >= 0.3 is 0 Å². The number of rotatable bonds is 3. The van der Waals surface area contributed by atoms with Gasteiger partial charge in [-0.15, -0.1) is 0 Å². The van der Waals surface area contributed by atoms with E-state index in [1.165, 1.54) is 0 Å². The van der Waals surface area contributed by atoms with Crippen LogP contribution in [0.2, 0.25) is 18.1 Å². The summed E-state index contributed by atoms with van der Waals surface area (Å²) in [7, 11) is -1.64. The van der Waals surface area contributed by atoms with Gasteiger partial charge in [0.05, 0.1) is 0 Å². The lowest BCUT2D eigenvalue weighted by Gasteiger charge is -2.39. The third-order valence-electron chi connectivity index (χ3n) is 3.82. The first kappa shape index (κ1) is 13.7.